The van der Waals surface area contributed by atoms with Crippen molar-refractivity contribution in [2.75, 3.05) is 0 Å². The molecule has 0 saturated heterocycles. The third-order valence-electron chi connectivity index (χ3n) is 3.17. The molecule has 2 aromatic rings. The van der Waals surface area contributed by atoms with Gasteiger partial charge < -0.3 is 5.32 Å². The summed E-state index contributed by atoms with van der Waals surface area (Å²) in [6.45, 7) is 7.53. The van der Waals surface area contributed by atoms with Crippen LogP contribution in [0.1, 0.15) is 48.7 Å². The number of nitrogens with one attached hydrogen (secondary N) is 1. The lowest BCUT2D eigenvalue weighted by Crippen LogP contribution is -2.17. The quantitative estimate of drug-likeness (QED) is 0.875. The van der Waals surface area contributed by atoms with E-state index in [0.717, 1.165) is 6.54 Å². The van der Waals surface area contributed by atoms with Crippen molar-refractivity contribution in [3.63, 3.8) is 0 Å². The second-order valence-corrected chi connectivity index (χ2v) is 5.86. The highest BCUT2D eigenvalue weighted by molar-refractivity contribution is 7.09. The third kappa shape index (κ3) is 3.40. The zero-order chi connectivity index (χ0) is 13.0. The lowest BCUT2D eigenvalue weighted by molar-refractivity contribution is 0.578. The van der Waals surface area contributed by atoms with Crippen LogP contribution in [0.3, 0.4) is 0 Å². The number of hydrogen-bond donors (Lipinski definition) is 1. The molecule has 0 amide bonds. The number of nitrogens with zero attached hydrogens (tertiary/aromatic N) is 1. The minimum Gasteiger partial charge on any atom is -0.305 e. The van der Waals surface area contributed by atoms with E-state index in [1.165, 1.54) is 16.0 Å². The largest absolute Gasteiger partial charge is 0.305 e. The van der Waals surface area contributed by atoms with Crippen LogP contribution in [0.2, 0.25) is 0 Å². The minimum absolute atomic E-state index is 0.369. The zero-order valence-corrected chi connectivity index (χ0v) is 12.0. The van der Waals surface area contributed by atoms with E-state index in [-0.39, 0.29) is 0 Å². The second kappa shape index (κ2) is 6.12. The molecular formula is C15H20N2S. The van der Waals surface area contributed by atoms with Gasteiger partial charge in [0.1, 0.15) is 0 Å². The first-order valence-corrected chi connectivity index (χ1v) is 7.25. The number of benzene rings is 1. The molecule has 1 heterocycles. The van der Waals surface area contributed by atoms with Gasteiger partial charge in [-0.15, -0.1) is 11.3 Å². The predicted molar refractivity (Wildman–Crippen MR) is 77.9 cm³/mol. The van der Waals surface area contributed by atoms with Crippen LogP contribution in [-0.4, -0.2) is 4.98 Å². The van der Waals surface area contributed by atoms with Crippen LogP contribution >= 0.6 is 11.3 Å². The highest BCUT2D eigenvalue weighted by Gasteiger charge is 2.06. The number of aromatic nitrogens is 1. The molecule has 0 aliphatic heterocycles. The van der Waals surface area contributed by atoms with Gasteiger partial charge in [-0.1, -0.05) is 38.1 Å². The van der Waals surface area contributed by atoms with E-state index in [4.69, 9.17) is 0 Å². The molecule has 0 spiro atoms. The molecule has 2 nitrogen and oxygen atoms in total. The van der Waals surface area contributed by atoms with Crippen LogP contribution in [0, 0.1) is 0 Å². The number of thiazole rings is 1. The van der Waals surface area contributed by atoms with E-state index < -0.39 is 0 Å². The molecule has 0 saturated carbocycles. The van der Waals surface area contributed by atoms with Gasteiger partial charge in [0, 0.05) is 23.7 Å². The zero-order valence-electron chi connectivity index (χ0n) is 11.2. The normalized spacial score (nSPS) is 12.9. The van der Waals surface area contributed by atoms with Gasteiger partial charge in [-0.2, -0.15) is 0 Å². The van der Waals surface area contributed by atoms with Crippen LogP contribution in [0.4, 0.5) is 0 Å². The molecule has 2 rings (SSSR count). The maximum Gasteiger partial charge on any atom is 0.0794 e. The fourth-order valence-corrected chi connectivity index (χ4v) is 2.42. The van der Waals surface area contributed by atoms with Gasteiger partial charge in [0.2, 0.25) is 0 Å². The van der Waals surface area contributed by atoms with E-state index in [2.05, 4.69) is 55.3 Å². The van der Waals surface area contributed by atoms with Gasteiger partial charge >= 0.3 is 0 Å². The molecule has 1 N–H and O–H groups in total. The fourth-order valence-electron chi connectivity index (χ4n) is 1.87. The highest BCUT2D eigenvalue weighted by atomic mass is 32.1. The second-order valence-electron chi connectivity index (χ2n) is 4.89. The van der Waals surface area contributed by atoms with E-state index >= 15 is 0 Å². The van der Waals surface area contributed by atoms with Crippen LogP contribution in [0.25, 0.3) is 0 Å². The molecule has 1 unspecified atom stereocenters. The Morgan fingerprint density at radius 1 is 1.11 bits per heavy atom. The van der Waals surface area contributed by atoms with E-state index in [0.29, 0.717) is 12.0 Å². The Balaban J connectivity index is 1.94. The molecule has 18 heavy (non-hydrogen) atoms. The Labute approximate surface area is 113 Å². The van der Waals surface area contributed by atoms with Gasteiger partial charge in [-0.05, 0) is 24.0 Å². The van der Waals surface area contributed by atoms with Crippen molar-refractivity contribution >= 4 is 11.3 Å². The first kappa shape index (κ1) is 13.2. The third-order valence-corrected chi connectivity index (χ3v) is 3.95. The van der Waals surface area contributed by atoms with Crippen molar-refractivity contribution in [1.29, 1.82) is 0 Å². The van der Waals surface area contributed by atoms with Gasteiger partial charge in [-0.25, -0.2) is 0 Å². The highest BCUT2D eigenvalue weighted by Crippen LogP contribution is 2.19. The Hall–Kier alpha value is -1.19. The van der Waals surface area contributed by atoms with Crippen molar-refractivity contribution in [1.82, 2.24) is 10.3 Å². The summed E-state index contributed by atoms with van der Waals surface area (Å²) in [5, 5.41) is 3.52. The van der Waals surface area contributed by atoms with Crippen molar-refractivity contribution in [2.45, 2.75) is 39.3 Å². The first-order chi connectivity index (χ1) is 8.66. The van der Waals surface area contributed by atoms with Crippen LogP contribution in [0.5, 0.6) is 0 Å². The van der Waals surface area contributed by atoms with Gasteiger partial charge in [0.15, 0.2) is 0 Å². The Morgan fingerprint density at radius 3 is 2.33 bits per heavy atom. The van der Waals surface area contributed by atoms with Crippen LogP contribution in [-0.2, 0) is 6.54 Å². The summed E-state index contributed by atoms with van der Waals surface area (Å²) in [5.41, 5.74) is 4.61. The topological polar surface area (TPSA) is 24.9 Å². The smallest absolute Gasteiger partial charge is 0.0794 e. The summed E-state index contributed by atoms with van der Waals surface area (Å²) in [5.74, 6) is 0.597. The van der Waals surface area contributed by atoms with E-state index in [1.54, 1.807) is 11.3 Å². The lowest BCUT2D eigenvalue weighted by atomic mass is 9.99. The molecule has 0 radical (unpaired) electrons. The fraction of sp³-hybridized carbons (Fsp3) is 0.400. The monoisotopic (exact) mass is 260 g/mol. The molecule has 3 heteroatoms. The molecule has 0 fully saturated rings. The lowest BCUT2D eigenvalue weighted by Gasteiger charge is -2.14. The van der Waals surface area contributed by atoms with Crippen molar-refractivity contribution in [3.05, 3.63) is 52.0 Å². The molecule has 0 aliphatic carbocycles. The summed E-state index contributed by atoms with van der Waals surface area (Å²) in [6, 6.07) is 9.27. The maximum atomic E-state index is 4.08. The van der Waals surface area contributed by atoms with Gasteiger partial charge in [0.05, 0.1) is 5.51 Å². The molecule has 0 bridgehead atoms. The molecular weight excluding hydrogens is 240 g/mol. The van der Waals surface area contributed by atoms with Crippen molar-refractivity contribution < 1.29 is 0 Å². The Kier molecular flexibility index (Phi) is 4.50. The van der Waals surface area contributed by atoms with Gasteiger partial charge in [-0.3, -0.25) is 4.98 Å². The minimum atomic E-state index is 0.369. The van der Waals surface area contributed by atoms with Crippen molar-refractivity contribution in [2.24, 2.45) is 0 Å². The molecule has 1 aromatic carbocycles. The van der Waals surface area contributed by atoms with E-state index in [9.17, 15) is 0 Å². The van der Waals surface area contributed by atoms with Crippen LogP contribution < -0.4 is 5.32 Å². The van der Waals surface area contributed by atoms with Gasteiger partial charge in [0.25, 0.3) is 0 Å². The first-order valence-electron chi connectivity index (χ1n) is 6.37. The summed E-state index contributed by atoms with van der Waals surface area (Å²) in [4.78, 5) is 5.36. The average Bonchev–Trinajstić information content (AvgIpc) is 2.89. The molecule has 1 aromatic heterocycles. The molecule has 96 valence electrons. The number of rotatable bonds is 5. The van der Waals surface area contributed by atoms with Crippen molar-refractivity contribution in [3.8, 4) is 0 Å². The number of hydrogen-bond acceptors (Lipinski definition) is 3. The summed E-state index contributed by atoms with van der Waals surface area (Å²) >= 11 is 1.69. The summed E-state index contributed by atoms with van der Waals surface area (Å²) in [7, 11) is 0. The van der Waals surface area contributed by atoms with E-state index in [1.807, 2.05) is 11.7 Å². The standard InChI is InChI=1S/C15H20N2S/c1-11(2)13-4-6-14(7-5-13)12(3)17-9-15-8-16-10-18-15/h4-8,10-12,17H,9H2,1-3H3. The average molecular weight is 260 g/mol. The Bertz CT molecular complexity index is 460. The molecule has 0 aliphatic rings. The predicted octanol–water partition coefficient (Wildman–Crippen LogP) is 4.12. The summed E-state index contributed by atoms with van der Waals surface area (Å²) < 4.78 is 0. The summed E-state index contributed by atoms with van der Waals surface area (Å²) in [6.07, 6.45) is 1.92. The molecule has 1 atom stereocenters. The SMILES string of the molecule is CC(C)c1ccc(C(C)NCc2cncs2)cc1. The van der Waals surface area contributed by atoms with Crippen LogP contribution in [0.15, 0.2) is 36.0 Å². The maximum absolute atomic E-state index is 4.08. The Morgan fingerprint density at radius 2 is 1.78 bits per heavy atom.